The number of hydrogen-bond acceptors (Lipinski definition) is 1. The number of alkyl halides is 5. The van der Waals surface area contributed by atoms with Crippen LogP contribution in [0.1, 0.15) is 60.4 Å². The first-order chi connectivity index (χ1) is 27.4. The maximum Gasteiger partial charge on any atom is 0.458 e. The lowest BCUT2D eigenvalue weighted by molar-refractivity contribution is -0.189. The summed E-state index contributed by atoms with van der Waals surface area (Å²) in [6.07, 6.45) is -5.17. The summed E-state index contributed by atoms with van der Waals surface area (Å²) >= 11 is 0. The van der Waals surface area contributed by atoms with Crippen molar-refractivity contribution in [1.82, 2.24) is 0 Å². The zero-order valence-electron chi connectivity index (χ0n) is 29.8. The Morgan fingerprint density at radius 1 is 0.569 bits per heavy atom. The molecule has 6 aromatic carbocycles. The van der Waals surface area contributed by atoms with Crippen molar-refractivity contribution < 1.29 is 61.8 Å². The molecule has 0 aliphatic rings. The third-order valence-corrected chi connectivity index (χ3v) is 8.98. The lowest BCUT2D eigenvalue weighted by atomic mass is 9.98. The largest absolute Gasteiger partial charge is 0.458 e. The first-order valence-corrected chi connectivity index (χ1v) is 17.4. The van der Waals surface area contributed by atoms with Crippen LogP contribution in [0, 0.1) is 70.2 Å². The average Bonchev–Trinajstić information content (AvgIpc) is 3.11. The van der Waals surface area contributed by atoms with E-state index in [4.69, 9.17) is 0 Å². The van der Waals surface area contributed by atoms with Crippen molar-refractivity contribution in [3.05, 3.63) is 147 Å². The monoisotopic (exact) mass is 816 g/mol. The van der Waals surface area contributed by atoms with Crippen LogP contribution >= 0.6 is 0 Å². The number of ether oxygens (including phenoxy) is 1. The van der Waals surface area contributed by atoms with Gasteiger partial charge in [0.1, 0.15) is 52.0 Å². The molecule has 0 radical (unpaired) electrons. The summed E-state index contributed by atoms with van der Waals surface area (Å²) in [6, 6.07) is 10.3. The molecular weight excluding hydrogens is 791 g/mol. The molecule has 0 bridgehead atoms. The van der Waals surface area contributed by atoms with Gasteiger partial charge in [-0.15, -0.1) is 0 Å². The highest BCUT2D eigenvalue weighted by atomic mass is 19.4. The van der Waals surface area contributed by atoms with E-state index in [9.17, 15) is 30.7 Å². The van der Waals surface area contributed by atoms with Gasteiger partial charge in [0.05, 0.1) is 16.5 Å². The van der Waals surface area contributed by atoms with E-state index in [1.807, 2.05) is 0 Å². The SMILES string of the molecule is CCCCCCc1ccc2c(F)c(C#Cc3cc(F)c(C(F)(F)Oc4ccc(-c5cc(F)c6c(F)c(C#CC(F)(F)F)c(F)cc6c5)c(F)c4)c(F)c3)c(F)cc2c1. The van der Waals surface area contributed by atoms with Gasteiger partial charge in [0.2, 0.25) is 0 Å². The first-order valence-electron chi connectivity index (χ1n) is 17.4. The quantitative estimate of drug-likeness (QED) is 0.0802. The van der Waals surface area contributed by atoms with Gasteiger partial charge in [-0.25, -0.2) is 35.1 Å². The predicted molar refractivity (Wildman–Crippen MR) is 191 cm³/mol. The summed E-state index contributed by atoms with van der Waals surface area (Å²) < 4.78 is 192. The normalized spacial score (nSPS) is 11.7. The van der Waals surface area contributed by atoms with Crippen molar-refractivity contribution in [2.75, 3.05) is 0 Å². The molecule has 0 unspecified atom stereocenters. The fourth-order valence-corrected chi connectivity index (χ4v) is 6.27. The zero-order chi connectivity index (χ0) is 42.1. The van der Waals surface area contributed by atoms with Gasteiger partial charge in [0.15, 0.2) is 5.82 Å². The summed E-state index contributed by atoms with van der Waals surface area (Å²) in [5.74, 6) is -6.72. The molecule has 298 valence electrons. The van der Waals surface area contributed by atoms with Crippen LogP contribution in [-0.4, -0.2) is 6.18 Å². The number of rotatable bonds is 9. The maximum absolute atomic E-state index is 15.3. The lowest BCUT2D eigenvalue weighted by Crippen LogP contribution is -2.25. The Bertz CT molecular complexity index is 2690. The molecule has 0 aromatic heterocycles. The van der Waals surface area contributed by atoms with Crippen LogP contribution in [0.3, 0.4) is 0 Å². The van der Waals surface area contributed by atoms with Crippen molar-refractivity contribution in [2.24, 2.45) is 0 Å². The van der Waals surface area contributed by atoms with E-state index in [2.05, 4.69) is 23.5 Å². The summed E-state index contributed by atoms with van der Waals surface area (Å²) in [4.78, 5) is 0. The van der Waals surface area contributed by atoms with Gasteiger partial charge in [-0.1, -0.05) is 62.1 Å². The van der Waals surface area contributed by atoms with Gasteiger partial charge in [-0.3, -0.25) is 0 Å². The van der Waals surface area contributed by atoms with E-state index in [0.29, 0.717) is 48.7 Å². The summed E-state index contributed by atoms with van der Waals surface area (Å²) in [5, 5.41) is -1.20. The highest BCUT2D eigenvalue weighted by Gasteiger charge is 2.41. The highest BCUT2D eigenvalue weighted by Crippen LogP contribution is 2.38. The Balaban J connectivity index is 1.23. The van der Waals surface area contributed by atoms with Crippen LogP contribution < -0.4 is 4.74 Å². The molecule has 6 aromatic rings. The average molecular weight is 817 g/mol. The molecule has 0 aliphatic heterocycles. The molecule has 0 atom stereocenters. The molecular formula is C44H25F13O. The molecule has 0 aliphatic carbocycles. The maximum atomic E-state index is 15.3. The molecule has 1 nitrogen and oxygen atoms in total. The van der Waals surface area contributed by atoms with Crippen LogP contribution in [0.15, 0.2) is 72.8 Å². The number of halogens is 13. The summed E-state index contributed by atoms with van der Waals surface area (Å²) in [7, 11) is 0. The van der Waals surface area contributed by atoms with Gasteiger partial charge >= 0.3 is 12.3 Å². The third kappa shape index (κ3) is 8.86. The lowest BCUT2D eigenvalue weighted by Gasteiger charge is -2.20. The van der Waals surface area contributed by atoms with Crippen molar-refractivity contribution >= 4 is 21.5 Å². The minimum absolute atomic E-state index is 0.0439. The number of benzene rings is 6. The fourth-order valence-electron chi connectivity index (χ4n) is 6.27. The van der Waals surface area contributed by atoms with Gasteiger partial charge in [-0.2, -0.15) is 22.0 Å². The van der Waals surface area contributed by atoms with Crippen molar-refractivity contribution in [3.63, 3.8) is 0 Å². The molecule has 0 saturated heterocycles. The topological polar surface area (TPSA) is 9.23 Å². The molecule has 6 rings (SSSR count). The first kappa shape index (κ1) is 41.5. The summed E-state index contributed by atoms with van der Waals surface area (Å²) in [6.45, 7) is 2.07. The number of aryl methyl sites for hydroxylation is 1. The van der Waals surface area contributed by atoms with Crippen LogP contribution in [0.25, 0.3) is 32.7 Å². The van der Waals surface area contributed by atoms with Gasteiger partial charge in [0, 0.05) is 28.5 Å². The van der Waals surface area contributed by atoms with E-state index < -0.39 is 109 Å². The smallest absolute Gasteiger partial charge is 0.429 e. The molecule has 0 fully saturated rings. The van der Waals surface area contributed by atoms with Gasteiger partial charge in [-0.05, 0) is 83.3 Å². The Labute approximate surface area is 322 Å². The Hall–Kier alpha value is -6.15. The zero-order valence-corrected chi connectivity index (χ0v) is 29.8. The molecule has 0 heterocycles. The number of unbranched alkanes of at least 4 members (excludes halogenated alkanes) is 3. The predicted octanol–water partition coefficient (Wildman–Crippen LogP) is 13.3. The fraction of sp³-hybridized carbons (Fsp3) is 0.182. The van der Waals surface area contributed by atoms with Crippen LogP contribution in [0.2, 0.25) is 0 Å². The molecule has 0 spiro atoms. The van der Waals surface area contributed by atoms with E-state index in [1.54, 1.807) is 12.1 Å². The van der Waals surface area contributed by atoms with Crippen LogP contribution in [0.4, 0.5) is 57.1 Å². The van der Waals surface area contributed by atoms with Crippen molar-refractivity contribution in [2.45, 2.75) is 51.3 Å². The second-order valence-electron chi connectivity index (χ2n) is 13.1. The minimum atomic E-state index is -5.11. The molecule has 0 saturated carbocycles. The van der Waals surface area contributed by atoms with E-state index in [1.165, 1.54) is 12.0 Å². The number of hydrogen-bond donors (Lipinski definition) is 0. The molecule has 0 N–H and O–H groups in total. The molecule has 0 amide bonds. The second kappa shape index (κ2) is 16.4. The third-order valence-electron chi connectivity index (χ3n) is 8.98. The van der Waals surface area contributed by atoms with E-state index >= 15 is 26.3 Å². The minimum Gasteiger partial charge on any atom is -0.429 e. The Kier molecular flexibility index (Phi) is 11.7. The Morgan fingerprint density at radius 3 is 1.90 bits per heavy atom. The van der Waals surface area contributed by atoms with E-state index in [0.717, 1.165) is 49.4 Å². The Morgan fingerprint density at radius 2 is 1.24 bits per heavy atom. The van der Waals surface area contributed by atoms with Gasteiger partial charge < -0.3 is 4.74 Å². The van der Waals surface area contributed by atoms with Crippen molar-refractivity contribution in [1.29, 1.82) is 0 Å². The molecule has 14 heteroatoms. The second-order valence-corrected chi connectivity index (χ2v) is 13.1. The number of fused-ring (bicyclic) bond motifs is 2. The standard InChI is InChI=1S/C44H25F13O/c1-2-3-4-5-6-23-7-10-30-25(15-23)19-33(45)31(41(30)51)11-8-24-16-37(49)40(38(50)17-24)44(56,57)58-28-9-12-29(35(47)22-28)26-18-27-21-34(46)32(13-14-43(53,54)55)42(52)39(27)36(48)20-26/h7,9-10,12,15-22H,2-6H2,1H3. The molecule has 58 heavy (non-hydrogen) atoms. The van der Waals surface area contributed by atoms with Crippen LogP contribution in [-0.2, 0) is 12.5 Å². The summed E-state index contributed by atoms with van der Waals surface area (Å²) in [5.41, 5.74) is -4.62. The van der Waals surface area contributed by atoms with E-state index in [-0.39, 0.29) is 10.8 Å². The van der Waals surface area contributed by atoms with Gasteiger partial charge in [0.25, 0.3) is 0 Å². The van der Waals surface area contributed by atoms with Crippen LogP contribution in [0.5, 0.6) is 5.75 Å². The highest BCUT2D eigenvalue weighted by molar-refractivity contribution is 5.90. The van der Waals surface area contributed by atoms with Crippen molar-refractivity contribution in [3.8, 4) is 40.6 Å².